The Morgan fingerprint density at radius 3 is 2.47 bits per heavy atom. The van der Waals surface area contributed by atoms with Gasteiger partial charge in [0.2, 0.25) is 0 Å². The zero-order chi connectivity index (χ0) is 22.7. The maximum Gasteiger partial charge on any atom is 0.310 e. The van der Waals surface area contributed by atoms with Crippen molar-refractivity contribution in [1.82, 2.24) is 9.47 Å². The number of piperidine rings is 1. The zero-order valence-electron chi connectivity index (χ0n) is 18.2. The molecule has 1 fully saturated rings. The standard InChI is InChI=1S/C25H26N2O5/c1-3-32-25(30)17-7-6-14-26(15-17)23(28)22-16-27(18-10-12-19(31-2)13-11-18)24(29)21-9-5-4-8-20(21)22/h4-5,8-13,16-17H,3,6-7,14-15H2,1-2H3. The lowest BCUT2D eigenvalue weighted by Gasteiger charge is -2.32. The molecule has 7 nitrogen and oxygen atoms in total. The molecule has 1 aromatic heterocycles. The highest BCUT2D eigenvalue weighted by Gasteiger charge is 2.31. The van der Waals surface area contributed by atoms with Crippen molar-refractivity contribution >= 4 is 22.6 Å². The molecule has 1 amide bonds. The van der Waals surface area contributed by atoms with Crippen LogP contribution in [0, 0.1) is 5.92 Å². The number of esters is 1. The number of carbonyl (C=O) groups excluding carboxylic acids is 2. The predicted octanol–water partition coefficient (Wildman–Crippen LogP) is 3.41. The molecule has 7 heteroatoms. The van der Waals surface area contributed by atoms with Gasteiger partial charge in [-0.25, -0.2) is 0 Å². The highest BCUT2D eigenvalue weighted by atomic mass is 16.5. The molecular formula is C25H26N2O5. The minimum Gasteiger partial charge on any atom is -0.497 e. The monoisotopic (exact) mass is 434 g/mol. The lowest BCUT2D eigenvalue weighted by Crippen LogP contribution is -2.43. The third-order valence-electron chi connectivity index (χ3n) is 5.83. The molecule has 0 saturated carbocycles. The molecule has 0 radical (unpaired) electrons. The first kappa shape index (κ1) is 21.6. The van der Waals surface area contributed by atoms with Crippen molar-refractivity contribution in [2.24, 2.45) is 5.92 Å². The van der Waals surface area contributed by atoms with Gasteiger partial charge < -0.3 is 14.4 Å². The highest BCUT2D eigenvalue weighted by Crippen LogP contribution is 2.24. The first-order chi connectivity index (χ1) is 15.5. The number of pyridine rings is 1. The molecule has 1 saturated heterocycles. The number of likely N-dealkylation sites (tertiary alicyclic amines) is 1. The number of nitrogens with zero attached hydrogens (tertiary/aromatic N) is 2. The minimum absolute atomic E-state index is 0.197. The van der Waals surface area contributed by atoms with Crippen LogP contribution in [0.4, 0.5) is 0 Å². The van der Waals surface area contributed by atoms with E-state index in [1.54, 1.807) is 67.6 Å². The summed E-state index contributed by atoms with van der Waals surface area (Å²) in [4.78, 5) is 40.7. The summed E-state index contributed by atoms with van der Waals surface area (Å²) in [7, 11) is 1.58. The molecular weight excluding hydrogens is 408 g/mol. The molecule has 1 atom stereocenters. The van der Waals surface area contributed by atoms with Crippen LogP contribution in [0.1, 0.15) is 30.1 Å². The van der Waals surface area contributed by atoms with Crippen LogP contribution >= 0.6 is 0 Å². The van der Waals surface area contributed by atoms with Crippen LogP contribution in [0.5, 0.6) is 5.75 Å². The first-order valence-corrected chi connectivity index (χ1v) is 10.8. The van der Waals surface area contributed by atoms with E-state index in [0.717, 1.165) is 6.42 Å². The van der Waals surface area contributed by atoms with E-state index >= 15 is 0 Å². The van der Waals surface area contributed by atoms with E-state index in [2.05, 4.69) is 0 Å². The van der Waals surface area contributed by atoms with Crippen molar-refractivity contribution in [2.75, 3.05) is 26.8 Å². The van der Waals surface area contributed by atoms with Crippen molar-refractivity contribution < 1.29 is 19.1 Å². The van der Waals surface area contributed by atoms with Gasteiger partial charge in [0.25, 0.3) is 11.5 Å². The van der Waals surface area contributed by atoms with Crippen LogP contribution < -0.4 is 10.3 Å². The second kappa shape index (κ2) is 9.26. The fourth-order valence-corrected chi connectivity index (χ4v) is 4.18. The molecule has 1 aliphatic rings. The van der Waals surface area contributed by atoms with Gasteiger partial charge in [-0.2, -0.15) is 0 Å². The molecule has 4 rings (SSSR count). The van der Waals surface area contributed by atoms with E-state index in [-0.39, 0.29) is 23.4 Å². The summed E-state index contributed by atoms with van der Waals surface area (Å²) in [5.41, 5.74) is 0.865. The number of fused-ring (bicyclic) bond motifs is 1. The maximum absolute atomic E-state index is 13.6. The van der Waals surface area contributed by atoms with Gasteiger partial charge in [0.05, 0.1) is 25.2 Å². The third-order valence-corrected chi connectivity index (χ3v) is 5.83. The van der Waals surface area contributed by atoms with Gasteiger partial charge in [0.1, 0.15) is 5.75 Å². The Hall–Kier alpha value is -3.61. The lowest BCUT2D eigenvalue weighted by atomic mass is 9.97. The van der Waals surface area contributed by atoms with Crippen LogP contribution in [-0.4, -0.2) is 48.1 Å². The normalized spacial score (nSPS) is 16.1. The number of hydrogen-bond donors (Lipinski definition) is 0. The van der Waals surface area contributed by atoms with Gasteiger partial charge in [0.15, 0.2) is 0 Å². The van der Waals surface area contributed by atoms with E-state index in [1.165, 1.54) is 4.57 Å². The Labute approximate surface area is 186 Å². The number of carbonyl (C=O) groups is 2. The number of rotatable bonds is 5. The highest BCUT2D eigenvalue weighted by molar-refractivity contribution is 6.06. The first-order valence-electron chi connectivity index (χ1n) is 10.8. The van der Waals surface area contributed by atoms with Crippen LogP contribution in [-0.2, 0) is 9.53 Å². The second-order valence-corrected chi connectivity index (χ2v) is 7.80. The van der Waals surface area contributed by atoms with E-state index in [1.807, 2.05) is 6.07 Å². The average Bonchev–Trinajstić information content (AvgIpc) is 2.84. The van der Waals surface area contributed by atoms with Gasteiger partial charge in [-0.15, -0.1) is 0 Å². The largest absolute Gasteiger partial charge is 0.497 e. The summed E-state index contributed by atoms with van der Waals surface area (Å²) in [5.74, 6) is -0.112. The molecule has 2 heterocycles. The molecule has 2 aromatic carbocycles. The van der Waals surface area contributed by atoms with Gasteiger partial charge in [0, 0.05) is 35.7 Å². The topological polar surface area (TPSA) is 77.8 Å². The summed E-state index contributed by atoms with van der Waals surface area (Å²) < 4.78 is 11.9. The van der Waals surface area contributed by atoms with Crippen molar-refractivity contribution in [2.45, 2.75) is 19.8 Å². The minimum atomic E-state index is -0.327. The molecule has 1 aliphatic heterocycles. The Balaban J connectivity index is 1.76. The summed E-state index contributed by atoms with van der Waals surface area (Å²) in [6.45, 7) is 2.97. The number of amides is 1. The average molecular weight is 434 g/mol. The number of hydrogen-bond acceptors (Lipinski definition) is 5. The predicted molar refractivity (Wildman–Crippen MR) is 121 cm³/mol. The smallest absolute Gasteiger partial charge is 0.310 e. The van der Waals surface area contributed by atoms with E-state index in [9.17, 15) is 14.4 Å². The van der Waals surface area contributed by atoms with Crippen LogP contribution in [0.25, 0.3) is 16.5 Å². The fraction of sp³-hybridized carbons (Fsp3) is 0.320. The Bertz CT molecular complexity index is 1200. The van der Waals surface area contributed by atoms with Crippen molar-refractivity contribution in [3.63, 3.8) is 0 Å². The van der Waals surface area contributed by atoms with Gasteiger partial charge >= 0.3 is 5.97 Å². The summed E-state index contributed by atoms with van der Waals surface area (Å²) >= 11 is 0. The van der Waals surface area contributed by atoms with Crippen LogP contribution in [0.15, 0.2) is 59.5 Å². The fourth-order valence-electron chi connectivity index (χ4n) is 4.18. The Kier molecular flexibility index (Phi) is 6.25. The van der Waals surface area contributed by atoms with Gasteiger partial charge in [-0.1, -0.05) is 18.2 Å². The molecule has 0 aliphatic carbocycles. The number of benzene rings is 2. The SMILES string of the molecule is CCOC(=O)C1CCCN(C(=O)c2cn(-c3ccc(OC)cc3)c(=O)c3ccccc23)C1. The molecule has 3 aromatic rings. The number of aromatic nitrogens is 1. The summed E-state index contributed by atoms with van der Waals surface area (Å²) in [5, 5.41) is 1.07. The van der Waals surface area contributed by atoms with Crippen molar-refractivity contribution in [3.8, 4) is 11.4 Å². The summed E-state index contributed by atoms with van der Waals surface area (Å²) in [6.07, 6.45) is 3.03. The van der Waals surface area contributed by atoms with Crippen LogP contribution in [0.3, 0.4) is 0 Å². The molecule has 1 unspecified atom stereocenters. The quantitative estimate of drug-likeness (QED) is 0.575. The number of ether oxygens (including phenoxy) is 2. The Morgan fingerprint density at radius 1 is 1.06 bits per heavy atom. The van der Waals surface area contributed by atoms with Gasteiger partial charge in [-0.05, 0) is 50.1 Å². The van der Waals surface area contributed by atoms with E-state index in [4.69, 9.17) is 9.47 Å². The van der Waals surface area contributed by atoms with E-state index in [0.29, 0.717) is 53.9 Å². The van der Waals surface area contributed by atoms with E-state index < -0.39 is 0 Å². The molecule has 166 valence electrons. The summed E-state index contributed by atoms with van der Waals surface area (Å²) in [6, 6.07) is 14.2. The van der Waals surface area contributed by atoms with Crippen molar-refractivity contribution in [1.29, 1.82) is 0 Å². The van der Waals surface area contributed by atoms with Crippen LogP contribution in [0.2, 0.25) is 0 Å². The Morgan fingerprint density at radius 2 is 1.78 bits per heavy atom. The second-order valence-electron chi connectivity index (χ2n) is 7.80. The maximum atomic E-state index is 13.6. The third kappa shape index (κ3) is 4.10. The molecule has 32 heavy (non-hydrogen) atoms. The van der Waals surface area contributed by atoms with Crippen molar-refractivity contribution in [3.05, 3.63) is 70.6 Å². The zero-order valence-corrected chi connectivity index (χ0v) is 18.2. The molecule has 0 bridgehead atoms. The molecule has 0 spiro atoms. The lowest BCUT2D eigenvalue weighted by molar-refractivity contribution is -0.149. The number of methoxy groups -OCH3 is 1. The van der Waals surface area contributed by atoms with Gasteiger partial charge in [-0.3, -0.25) is 19.0 Å². The molecule has 0 N–H and O–H groups in total.